The second-order valence-electron chi connectivity index (χ2n) is 4.10. The Balaban J connectivity index is 2.73. The third kappa shape index (κ3) is 3.92. The van der Waals surface area contributed by atoms with Gasteiger partial charge in [0.1, 0.15) is 5.82 Å². The van der Waals surface area contributed by atoms with Gasteiger partial charge in [-0.15, -0.1) is 0 Å². The van der Waals surface area contributed by atoms with Crippen LogP contribution >= 0.6 is 27.5 Å². The zero-order valence-corrected chi connectivity index (χ0v) is 12.9. The molecule has 1 unspecified atom stereocenters. The van der Waals surface area contributed by atoms with E-state index in [1.807, 2.05) is 0 Å². The van der Waals surface area contributed by atoms with Crippen LogP contribution in [-0.4, -0.2) is 29.6 Å². The van der Waals surface area contributed by atoms with Gasteiger partial charge in [-0.05, 0) is 41.5 Å². The average Bonchev–Trinajstić information content (AvgIpc) is 2.37. The highest BCUT2D eigenvalue weighted by atomic mass is 79.9. The minimum Gasteiger partial charge on any atom is -0.388 e. The molecule has 5 heteroatoms. The van der Waals surface area contributed by atoms with Crippen LogP contribution in [0.1, 0.15) is 31.9 Å². The van der Waals surface area contributed by atoms with Crippen molar-refractivity contribution < 1.29 is 9.50 Å². The van der Waals surface area contributed by atoms with Gasteiger partial charge >= 0.3 is 0 Å². The highest BCUT2D eigenvalue weighted by Gasteiger charge is 2.17. The monoisotopic (exact) mass is 337 g/mol. The molecule has 0 aliphatic carbocycles. The van der Waals surface area contributed by atoms with Crippen LogP contribution in [0.15, 0.2) is 16.6 Å². The van der Waals surface area contributed by atoms with E-state index < -0.39 is 11.9 Å². The minimum atomic E-state index is -0.823. The molecule has 102 valence electrons. The average molecular weight is 339 g/mol. The Morgan fingerprint density at radius 3 is 2.56 bits per heavy atom. The van der Waals surface area contributed by atoms with Gasteiger partial charge in [0.2, 0.25) is 0 Å². The zero-order valence-electron chi connectivity index (χ0n) is 10.6. The van der Waals surface area contributed by atoms with Gasteiger partial charge in [0.15, 0.2) is 0 Å². The van der Waals surface area contributed by atoms with Gasteiger partial charge < -0.3 is 10.0 Å². The summed E-state index contributed by atoms with van der Waals surface area (Å²) in [6.07, 6.45) is -0.326. The summed E-state index contributed by atoms with van der Waals surface area (Å²) in [7, 11) is 0. The van der Waals surface area contributed by atoms with Gasteiger partial charge in [0, 0.05) is 16.6 Å². The first kappa shape index (κ1) is 15.9. The summed E-state index contributed by atoms with van der Waals surface area (Å²) in [4.78, 5) is 2.18. The molecular formula is C13H18BrClFNO. The summed E-state index contributed by atoms with van der Waals surface area (Å²) in [5.41, 5.74) is 0.260. The molecule has 0 radical (unpaired) electrons. The summed E-state index contributed by atoms with van der Waals surface area (Å²) in [5.74, 6) is -0.543. The predicted octanol–water partition coefficient (Wildman–Crippen LogP) is 4.01. The van der Waals surface area contributed by atoms with Crippen LogP contribution < -0.4 is 0 Å². The third-order valence-electron chi connectivity index (χ3n) is 3.04. The fourth-order valence-electron chi connectivity index (χ4n) is 1.80. The van der Waals surface area contributed by atoms with Crippen molar-refractivity contribution >= 4 is 27.5 Å². The lowest BCUT2D eigenvalue weighted by atomic mass is 10.1. The Morgan fingerprint density at radius 1 is 1.39 bits per heavy atom. The van der Waals surface area contributed by atoms with Crippen LogP contribution in [0.25, 0.3) is 0 Å². The second-order valence-corrected chi connectivity index (χ2v) is 5.33. The number of aliphatic hydroxyl groups is 1. The van der Waals surface area contributed by atoms with E-state index in [1.165, 1.54) is 0 Å². The summed E-state index contributed by atoms with van der Waals surface area (Å²) >= 11 is 8.95. The van der Waals surface area contributed by atoms with Crippen LogP contribution in [0.4, 0.5) is 4.39 Å². The summed E-state index contributed by atoms with van der Waals surface area (Å²) in [6.45, 7) is 6.71. The maximum Gasteiger partial charge on any atom is 0.148 e. The first-order valence-corrected chi connectivity index (χ1v) is 7.22. The topological polar surface area (TPSA) is 23.5 Å². The highest BCUT2D eigenvalue weighted by molar-refractivity contribution is 9.10. The third-order valence-corrected chi connectivity index (χ3v) is 4.30. The molecule has 2 nitrogen and oxygen atoms in total. The molecule has 0 heterocycles. The molecule has 18 heavy (non-hydrogen) atoms. The normalized spacial score (nSPS) is 13.1. The number of halogens is 3. The van der Waals surface area contributed by atoms with Crippen LogP contribution in [-0.2, 0) is 0 Å². The molecule has 1 aromatic carbocycles. The van der Waals surface area contributed by atoms with E-state index in [2.05, 4.69) is 34.7 Å². The Hall–Kier alpha value is -0.160. The lowest BCUT2D eigenvalue weighted by Crippen LogP contribution is -2.25. The molecule has 0 amide bonds. The van der Waals surface area contributed by atoms with Crippen molar-refractivity contribution in [1.82, 2.24) is 4.90 Å². The molecule has 1 atom stereocenters. The quantitative estimate of drug-likeness (QED) is 0.792. The van der Waals surface area contributed by atoms with Crippen molar-refractivity contribution in [2.75, 3.05) is 19.6 Å². The van der Waals surface area contributed by atoms with Gasteiger partial charge in [0.25, 0.3) is 0 Å². The number of benzene rings is 1. The van der Waals surface area contributed by atoms with Crippen molar-refractivity contribution in [2.24, 2.45) is 0 Å². The molecule has 0 bridgehead atoms. The highest BCUT2D eigenvalue weighted by Crippen LogP contribution is 2.31. The van der Waals surface area contributed by atoms with Crippen LogP contribution in [0.2, 0.25) is 5.02 Å². The number of hydrogen-bond acceptors (Lipinski definition) is 2. The molecule has 1 aromatic rings. The van der Waals surface area contributed by atoms with E-state index in [-0.39, 0.29) is 10.6 Å². The number of hydrogen-bond donors (Lipinski definition) is 1. The molecule has 0 aliphatic rings. The maximum atomic E-state index is 13.9. The van der Waals surface area contributed by atoms with E-state index >= 15 is 0 Å². The van der Waals surface area contributed by atoms with Crippen molar-refractivity contribution in [3.8, 4) is 0 Å². The minimum absolute atomic E-state index is 0.0226. The summed E-state index contributed by atoms with van der Waals surface area (Å²) in [5, 5.41) is 10.0. The van der Waals surface area contributed by atoms with Crippen molar-refractivity contribution in [3.63, 3.8) is 0 Å². The van der Waals surface area contributed by atoms with Gasteiger partial charge in [0.05, 0.1) is 11.1 Å². The molecule has 0 saturated heterocycles. The summed E-state index contributed by atoms with van der Waals surface area (Å²) in [6, 6.07) is 3.22. The van der Waals surface area contributed by atoms with Gasteiger partial charge in [-0.2, -0.15) is 0 Å². The van der Waals surface area contributed by atoms with Crippen molar-refractivity contribution in [1.29, 1.82) is 0 Å². The van der Waals surface area contributed by atoms with Crippen LogP contribution in [0.5, 0.6) is 0 Å². The molecule has 0 aliphatic heterocycles. The van der Waals surface area contributed by atoms with Crippen LogP contribution in [0, 0.1) is 5.82 Å². The second kappa shape index (κ2) is 7.43. The number of nitrogens with zero attached hydrogens (tertiary/aromatic N) is 1. The van der Waals surface area contributed by atoms with Crippen LogP contribution in [0.3, 0.4) is 0 Å². The molecule has 0 spiro atoms. The maximum absolute atomic E-state index is 13.9. The molecule has 1 rings (SSSR count). The summed E-state index contributed by atoms with van der Waals surface area (Å²) < 4.78 is 14.4. The SMILES string of the molecule is CCN(CC)CCC(O)c1ccc(Br)c(Cl)c1F. The lowest BCUT2D eigenvalue weighted by molar-refractivity contribution is 0.141. The van der Waals surface area contributed by atoms with Crippen molar-refractivity contribution in [2.45, 2.75) is 26.4 Å². The Labute approximate surface area is 121 Å². The smallest absolute Gasteiger partial charge is 0.148 e. The lowest BCUT2D eigenvalue weighted by Gasteiger charge is -2.20. The molecule has 0 saturated carbocycles. The van der Waals surface area contributed by atoms with Gasteiger partial charge in [-0.1, -0.05) is 31.5 Å². The largest absolute Gasteiger partial charge is 0.388 e. The predicted molar refractivity (Wildman–Crippen MR) is 76.5 cm³/mol. The Morgan fingerprint density at radius 2 is 2.00 bits per heavy atom. The van der Waals surface area contributed by atoms with E-state index in [0.29, 0.717) is 10.9 Å². The Bertz CT molecular complexity index is 399. The van der Waals surface area contributed by atoms with E-state index in [1.54, 1.807) is 12.1 Å². The van der Waals surface area contributed by atoms with Gasteiger partial charge in [-0.25, -0.2) is 4.39 Å². The first-order chi connectivity index (χ1) is 8.51. The molecule has 0 fully saturated rings. The molecule has 0 aromatic heterocycles. The standard InChI is InChI=1S/C13H18BrClFNO/c1-3-17(4-2)8-7-11(18)9-5-6-10(14)12(15)13(9)16/h5-6,11,18H,3-4,7-8H2,1-2H3. The fourth-order valence-corrected chi connectivity index (χ4v) is 2.28. The number of aliphatic hydroxyl groups excluding tert-OH is 1. The van der Waals surface area contributed by atoms with E-state index in [0.717, 1.165) is 19.6 Å². The number of rotatable bonds is 6. The van der Waals surface area contributed by atoms with Crippen molar-refractivity contribution in [3.05, 3.63) is 33.0 Å². The Kier molecular flexibility index (Phi) is 6.57. The molecule has 1 N–H and O–H groups in total. The van der Waals surface area contributed by atoms with E-state index in [4.69, 9.17) is 11.6 Å². The molecular weight excluding hydrogens is 321 g/mol. The first-order valence-electron chi connectivity index (χ1n) is 6.05. The van der Waals surface area contributed by atoms with Gasteiger partial charge in [-0.3, -0.25) is 0 Å². The van der Waals surface area contributed by atoms with E-state index in [9.17, 15) is 9.50 Å². The fraction of sp³-hybridized carbons (Fsp3) is 0.538. The zero-order chi connectivity index (χ0) is 13.7.